The number of anilines is 1. The van der Waals surface area contributed by atoms with Gasteiger partial charge in [0.25, 0.3) is 0 Å². The van der Waals surface area contributed by atoms with E-state index in [4.69, 9.17) is 5.73 Å². The molecule has 1 aromatic rings. The Morgan fingerprint density at radius 3 is 3.13 bits per heavy atom. The second kappa shape index (κ2) is 3.52. The van der Waals surface area contributed by atoms with Gasteiger partial charge in [0.15, 0.2) is 5.82 Å². The first-order chi connectivity index (χ1) is 7.34. The molecule has 0 aromatic carbocycles. The summed E-state index contributed by atoms with van der Waals surface area (Å²) in [6.45, 7) is 2.09. The molecule has 1 aliphatic carbocycles. The molecule has 0 bridgehead atoms. The van der Waals surface area contributed by atoms with Crippen molar-refractivity contribution in [3.63, 3.8) is 0 Å². The van der Waals surface area contributed by atoms with Crippen LogP contribution in [0, 0.1) is 0 Å². The van der Waals surface area contributed by atoms with Crippen molar-refractivity contribution < 1.29 is 0 Å². The number of piperidine rings is 1. The average Bonchev–Trinajstić information content (AvgIpc) is 2.77. The van der Waals surface area contributed by atoms with Gasteiger partial charge in [0, 0.05) is 30.4 Å². The van der Waals surface area contributed by atoms with Crippen LogP contribution in [0.2, 0.25) is 0 Å². The van der Waals surface area contributed by atoms with E-state index in [-0.39, 0.29) is 0 Å². The van der Waals surface area contributed by atoms with E-state index in [1.54, 1.807) is 0 Å². The quantitative estimate of drug-likeness (QED) is 0.715. The van der Waals surface area contributed by atoms with E-state index in [0.717, 1.165) is 19.5 Å². The standard InChI is InChI=1S/C11H18N4/c12-8-3-2-6-15(7-8)11-9-4-1-5-10(9)13-14-11/h8H,1-7,12H2,(H,13,14). The number of H-pyrrole nitrogens is 1. The Morgan fingerprint density at radius 2 is 2.27 bits per heavy atom. The van der Waals surface area contributed by atoms with E-state index in [1.807, 2.05) is 0 Å². The third-order valence-corrected chi connectivity index (χ3v) is 3.54. The second-order valence-electron chi connectivity index (χ2n) is 4.71. The molecule has 0 saturated carbocycles. The zero-order valence-electron chi connectivity index (χ0n) is 9.00. The molecule has 1 atom stereocenters. The van der Waals surface area contributed by atoms with E-state index >= 15 is 0 Å². The lowest BCUT2D eigenvalue weighted by Crippen LogP contribution is -2.43. The molecule has 0 amide bonds. The summed E-state index contributed by atoms with van der Waals surface area (Å²) in [6, 6.07) is 0.326. The highest BCUT2D eigenvalue weighted by Crippen LogP contribution is 2.30. The molecule has 1 aromatic heterocycles. The van der Waals surface area contributed by atoms with Gasteiger partial charge in [0.05, 0.1) is 0 Å². The van der Waals surface area contributed by atoms with E-state index in [1.165, 1.54) is 42.8 Å². The maximum Gasteiger partial charge on any atom is 0.153 e. The van der Waals surface area contributed by atoms with Crippen LogP contribution < -0.4 is 10.6 Å². The first-order valence-corrected chi connectivity index (χ1v) is 5.91. The van der Waals surface area contributed by atoms with Crippen LogP contribution in [0.25, 0.3) is 0 Å². The summed E-state index contributed by atoms with van der Waals surface area (Å²) < 4.78 is 0. The summed E-state index contributed by atoms with van der Waals surface area (Å²) in [6.07, 6.45) is 5.98. The van der Waals surface area contributed by atoms with Crippen molar-refractivity contribution in [1.29, 1.82) is 0 Å². The fourth-order valence-corrected chi connectivity index (χ4v) is 2.77. The summed E-state index contributed by atoms with van der Waals surface area (Å²) in [5.41, 5.74) is 8.80. The van der Waals surface area contributed by atoms with Crippen molar-refractivity contribution in [2.24, 2.45) is 5.73 Å². The van der Waals surface area contributed by atoms with Gasteiger partial charge < -0.3 is 10.6 Å². The Kier molecular flexibility index (Phi) is 2.16. The van der Waals surface area contributed by atoms with Crippen LogP contribution in [0.1, 0.15) is 30.5 Å². The third-order valence-electron chi connectivity index (χ3n) is 3.54. The number of nitrogens with zero attached hydrogens (tertiary/aromatic N) is 2. The molecular weight excluding hydrogens is 188 g/mol. The summed E-state index contributed by atoms with van der Waals surface area (Å²) in [5.74, 6) is 1.18. The Morgan fingerprint density at radius 1 is 1.33 bits per heavy atom. The zero-order chi connectivity index (χ0) is 10.3. The van der Waals surface area contributed by atoms with E-state index in [0.29, 0.717) is 6.04 Å². The van der Waals surface area contributed by atoms with Crippen molar-refractivity contribution in [2.45, 2.75) is 38.1 Å². The molecule has 1 aliphatic heterocycles. The highest BCUT2D eigenvalue weighted by Gasteiger charge is 2.25. The van der Waals surface area contributed by atoms with Gasteiger partial charge in [-0.25, -0.2) is 0 Å². The van der Waals surface area contributed by atoms with Crippen LogP contribution in [0.5, 0.6) is 0 Å². The molecular formula is C11H18N4. The van der Waals surface area contributed by atoms with Gasteiger partial charge in [0.1, 0.15) is 0 Å². The maximum absolute atomic E-state index is 6.00. The molecule has 1 fully saturated rings. The van der Waals surface area contributed by atoms with Gasteiger partial charge in [-0.1, -0.05) is 0 Å². The molecule has 2 heterocycles. The molecule has 0 radical (unpaired) electrons. The normalized spacial score (nSPS) is 25.7. The molecule has 82 valence electrons. The predicted octanol–water partition coefficient (Wildman–Crippen LogP) is 0.826. The maximum atomic E-state index is 6.00. The van der Waals surface area contributed by atoms with Gasteiger partial charge in [-0.2, -0.15) is 5.10 Å². The highest BCUT2D eigenvalue weighted by molar-refractivity contribution is 5.51. The van der Waals surface area contributed by atoms with Gasteiger partial charge in [0.2, 0.25) is 0 Å². The van der Waals surface area contributed by atoms with Crippen molar-refractivity contribution in [2.75, 3.05) is 18.0 Å². The molecule has 1 unspecified atom stereocenters. The van der Waals surface area contributed by atoms with E-state index in [2.05, 4.69) is 15.1 Å². The fourth-order valence-electron chi connectivity index (χ4n) is 2.77. The van der Waals surface area contributed by atoms with Gasteiger partial charge in [-0.15, -0.1) is 0 Å². The number of aryl methyl sites for hydroxylation is 1. The lowest BCUT2D eigenvalue weighted by atomic mass is 10.1. The minimum Gasteiger partial charge on any atom is -0.353 e. The van der Waals surface area contributed by atoms with Crippen LogP contribution in [-0.4, -0.2) is 29.3 Å². The first kappa shape index (κ1) is 9.21. The summed E-state index contributed by atoms with van der Waals surface area (Å²) >= 11 is 0. The molecule has 1 saturated heterocycles. The minimum absolute atomic E-state index is 0.326. The lowest BCUT2D eigenvalue weighted by Gasteiger charge is -2.31. The Hall–Kier alpha value is -1.03. The molecule has 4 heteroatoms. The predicted molar refractivity (Wildman–Crippen MR) is 60.0 cm³/mol. The Labute approximate surface area is 89.8 Å². The molecule has 0 spiro atoms. The Bertz CT molecular complexity index is 357. The van der Waals surface area contributed by atoms with Gasteiger partial charge >= 0.3 is 0 Å². The topological polar surface area (TPSA) is 57.9 Å². The number of rotatable bonds is 1. The van der Waals surface area contributed by atoms with Crippen molar-refractivity contribution in [3.8, 4) is 0 Å². The molecule has 4 nitrogen and oxygen atoms in total. The molecule has 2 aliphatic rings. The summed E-state index contributed by atoms with van der Waals surface area (Å²) in [7, 11) is 0. The fraction of sp³-hybridized carbons (Fsp3) is 0.727. The number of aromatic amines is 1. The number of nitrogens with one attached hydrogen (secondary N) is 1. The van der Waals surface area contributed by atoms with Crippen molar-refractivity contribution in [3.05, 3.63) is 11.3 Å². The highest BCUT2D eigenvalue weighted by atomic mass is 15.3. The SMILES string of the molecule is NC1CCCN(c2n[nH]c3c2CCC3)C1. The van der Waals surface area contributed by atoms with E-state index in [9.17, 15) is 0 Å². The molecule has 15 heavy (non-hydrogen) atoms. The number of hydrogen-bond donors (Lipinski definition) is 2. The number of nitrogens with two attached hydrogens (primary N) is 1. The molecule has 3 N–H and O–H groups in total. The molecule has 3 rings (SSSR count). The zero-order valence-corrected chi connectivity index (χ0v) is 9.00. The smallest absolute Gasteiger partial charge is 0.153 e. The third kappa shape index (κ3) is 1.53. The Balaban J connectivity index is 1.85. The van der Waals surface area contributed by atoms with Crippen molar-refractivity contribution in [1.82, 2.24) is 10.2 Å². The number of hydrogen-bond acceptors (Lipinski definition) is 3. The van der Waals surface area contributed by atoms with Crippen molar-refractivity contribution >= 4 is 5.82 Å². The van der Waals surface area contributed by atoms with Crippen LogP contribution >= 0.6 is 0 Å². The monoisotopic (exact) mass is 206 g/mol. The van der Waals surface area contributed by atoms with Crippen LogP contribution in [0.4, 0.5) is 5.82 Å². The number of fused-ring (bicyclic) bond motifs is 1. The summed E-state index contributed by atoms with van der Waals surface area (Å²) in [4.78, 5) is 2.36. The summed E-state index contributed by atoms with van der Waals surface area (Å²) in [5, 5.41) is 7.61. The number of aromatic nitrogens is 2. The second-order valence-corrected chi connectivity index (χ2v) is 4.71. The van der Waals surface area contributed by atoms with Crippen LogP contribution in [-0.2, 0) is 12.8 Å². The average molecular weight is 206 g/mol. The van der Waals surface area contributed by atoms with Gasteiger partial charge in [-0.3, -0.25) is 5.10 Å². The minimum atomic E-state index is 0.326. The first-order valence-electron chi connectivity index (χ1n) is 5.91. The lowest BCUT2D eigenvalue weighted by molar-refractivity contribution is 0.502. The van der Waals surface area contributed by atoms with Gasteiger partial charge in [-0.05, 0) is 32.1 Å². The van der Waals surface area contributed by atoms with E-state index < -0.39 is 0 Å². The van der Waals surface area contributed by atoms with Crippen LogP contribution in [0.3, 0.4) is 0 Å². The van der Waals surface area contributed by atoms with Crippen LogP contribution in [0.15, 0.2) is 0 Å². The largest absolute Gasteiger partial charge is 0.353 e.